The normalized spacial score (nSPS) is 24.9. The van der Waals surface area contributed by atoms with Crippen LogP contribution in [0.5, 0.6) is 0 Å². The first kappa shape index (κ1) is 12.5. The van der Waals surface area contributed by atoms with E-state index in [1.165, 1.54) is 30.6 Å². The summed E-state index contributed by atoms with van der Waals surface area (Å²) in [6, 6.07) is 7.25. The molecule has 1 rings (SSSR count). The second-order valence-corrected chi connectivity index (χ2v) is 18.7. The van der Waals surface area contributed by atoms with Crippen LogP contribution in [0, 0.1) is 0 Å². The molecule has 0 bridgehead atoms. The third-order valence-corrected chi connectivity index (χ3v) is 24.9. The summed E-state index contributed by atoms with van der Waals surface area (Å²) in [7, 11) is -2.27. The lowest BCUT2D eigenvalue weighted by molar-refractivity contribution is 0.299. The predicted octanol–water partition coefficient (Wildman–Crippen LogP) is 3.96. The van der Waals surface area contributed by atoms with E-state index >= 15 is 0 Å². The van der Waals surface area contributed by atoms with Crippen molar-refractivity contribution in [2.24, 2.45) is 0 Å². The lowest BCUT2D eigenvalue weighted by Crippen LogP contribution is -2.65. The minimum atomic E-state index is -1.27. The molecule has 1 fully saturated rings. The van der Waals surface area contributed by atoms with E-state index in [9.17, 15) is 0 Å². The highest BCUT2D eigenvalue weighted by Crippen LogP contribution is 2.40. The van der Waals surface area contributed by atoms with E-state index in [-0.39, 0.29) is 0 Å². The molecule has 1 aliphatic rings. The Morgan fingerprint density at radius 3 is 1.86 bits per heavy atom. The Kier molecular flexibility index (Phi) is 4.40. The first-order valence-electron chi connectivity index (χ1n) is 6.34. The molecule has 0 aromatic rings. The molecule has 3 heteroatoms. The number of hydrogen-bond donors (Lipinski definition) is 0. The largest absolute Gasteiger partial charge is 0.420 e. The van der Waals surface area contributed by atoms with Gasteiger partial charge in [0.15, 0.2) is 7.83 Å². The molecule has 0 radical (unpaired) electrons. The maximum absolute atomic E-state index is 6.36. The van der Waals surface area contributed by atoms with Gasteiger partial charge >= 0.3 is 0 Å². The first-order chi connectivity index (χ1) is 6.70. The highest BCUT2D eigenvalue weighted by molar-refractivity contribution is 7.40. The molecule has 0 N–H and O–H groups in total. The zero-order chi connectivity index (χ0) is 10.7. The highest BCUT2D eigenvalue weighted by Gasteiger charge is 2.53. The van der Waals surface area contributed by atoms with Crippen LogP contribution in [0.4, 0.5) is 0 Å². The minimum absolute atomic E-state index is 0.994. The van der Waals surface area contributed by atoms with Crippen molar-refractivity contribution in [3.63, 3.8) is 0 Å². The SMILES string of the molecule is CC[Si]1(CC)CCCO[Si]1(CC)CC. The van der Waals surface area contributed by atoms with Crippen molar-refractivity contribution < 1.29 is 4.43 Å². The smallest absolute Gasteiger partial charge is 0.179 e. The van der Waals surface area contributed by atoms with Crippen LogP contribution in [0.25, 0.3) is 0 Å². The molecule has 1 heterocycles. The van der Waals surface area contributed by atoms with Crippen molar-refractivity contribution in [2.45, 2.75) is 64.3 Å². The summed E-state index contributed by atoms with van der Waals surface area (Å²) in [5, 5.41) is 0. The van der Waals surface area contributed by atoms with Crippen LogP contribution < -0.4 is 0 Å². The van der Waals surface area contributed by atoms with Crippen LogP contribution in [-0.2, 0) is 4.43 Å². The monoisotopic (exact) mass is 230 g/mol. The van der Waals surface area contributed by atoms with Gasteiger partial charge in [-0.2, -0.15) is 0 Å². The third-order valence-electron chi connectivity index (χ3n) is 4.64. The fourth-order valence-corrected chi connectivity index (χ4v) is 22.0. The molecule has 0 saturated carbocycles. The zero-order valence-corrected chi connectivity index (χ0v) is 12.4. The molecule has 0 spiro atoms. The summed E-state index contributed by atoms with van der Waals surface area (Å²) >= 11 is 0. The van der Waals surface area contributed by atoms with Gasteiger partial charge in [-0.05, 0) is 18.5 Å². The molecule has 0 aromatic heterocycles. The molecule has 1 aliphatic heterocycles. The van der Waals surface area contributed by atoms with Crippen LogP contribution in [0.15, 0.2) is 0 Å². The van der Waals surface area contributed by atoms with E-state index in [4.69, 9.17) is 4.43 Å². The second kappa shape index (κ2) is 4.95. The molecule has 84 valence electrons. The topological polar surface area (TPSA) is 9.23 Å². The van der Waals surface area contributed by atoms with Crippen molar-refractivity contribution >= 4 is 15.4 Å². The quantitative estimate of drug-likeness (QED) is 0.664. The first-order valence-corrected chi connectivity index (χ1v) is 12.3. The third kappa shape index (κ3) is 1.74. The fourth-order valence-electron chi connectivity index (χ4n) is 3.51. The van der Waals surface area contributed by atoms with Gasteiger partial charge in [0.05, 0.1) is 7.59 Å². The highest BCUT2D eigenvalue weighted by atomic mass is 29.3. The van der Waals surface area contributed by atoms with Gasteiger partial charge in [0, 0.05) is 6.61 Å². The Bertz CT molecular complexity index is 154. The van der Waals surface area contributed by atoms with Gasteiger partial charge in [0.25, 0.3) is 0 Å². The van der Waals surface area contributed by atoms with Gasteiger partial charge < -0.3 is 4.43 Å². The van der Waals surface area contributed by atoms with Crippen molar-refractivity contribution in [1.82, 2.24) is 0 Å². The maximum Gasteiger partial charge on any atom is 0.179 e. The van der Waals surface area contributed by atoms with Crippen LogP contribution in [0.3, 0.4) is 0 Å². The summed E-state index contributed by atoms with van der Waals surface area (Å²) in [4.78, 5) is 0. The Morgan fingerprint density at radius 2 is 1.50 bits per heavy atom. The Labute approximate surface area is 91.2 Å². The van der Waals surface area contributed by atoms with E-state index in [1.54, 1.807) is 6.04 Å². The van der Waals surface area contributed by atoms with Gasteiger partial charge in [0.1, 0.15) is 0 Å². The molecule has 0 unspecified atom stereocenters. The zero-order valence-electron chi connectivity index (χ0n) is 10.4. The molecule has 1 saturated heterocycles. The van der Waals surface area contributed by atoms with Gasteiger partial charge in [0.2, 0.25) is 0 Å². The van der Waals surface area contributed by atoms with Gasteiger partial charge in [-0.3, -0.25) is 0 Å². The average Bonchev–Trinajstić information content (AvgIpc) is 2.28. The van der Waals surface area contributed by atoms with Crippen LogP contribution >= 0.6 is 0 Å². The molecule has 1 nitrogen and oxygen atoms in total. The molecular weight excluding hydrogens is 204 g/mol. The minimum Gasteiger partial charge on any atom is -0.420 e. The summed E-state index contributed by atoms with van der Waals surface area (Å²) in [6.07, 6.45) is 1.35. The van der Waals surface area contributed by atoms with Crippen molar-refractivity contribution in [3.05, 3.63) is 0 Å². The molecule has 0 aromatic carbocycles. The van der Waals surface area contributed by atoms with Crippen molar-refractivity contribution in [1.29, 1.82) is 0 Å². The fraction of sp³-hybridized carbons (Fsp3) is 1.00. The molecule has 0 amide bonds. The predicted molar refractivity (Wildman–Crippen MR) is 68.8 cm³/mol. The standard InChI is InChI=1S/C11H26OSi2/c1-5-13(6-2)11-9-10-12-14(13,7-3)8-4/h5-11H2,1-4H3. The van der Waals surface area contributed by atoms with Crippen LogP contribution in [0.2, 0.25) is 30.2 Å². The van der Waals surface area contributed by atoms with E-state index < -0.39 is 15.4 Å². The van der Waals surface area contributed by atoms with Gasteiger partial charge in [-0.1, -0.05) is 45.8 Å². The maximum atomic E-state index is 6.36. The number of hydrogen-bond acceptors (Lipinski definition) is 1. The summed E-state index contributed by atoms with van der Waals surface area (Å²) in [5.41, 5.74) is 0. The van der Waals surface area contributed by atoms with E-state index in [0.717, 1.165) is 6.61 Å². The molecule has 0 atom stereocenters. The molecular formula is C11H26OSi2. The van der Waals surface area contributed by atoms with Crippen LogP contribution in [0.1, 0.15) is 34.1 Å². The second-order valence-electron chi connectivity index (χ2n) is 4.64. The lowest BCUT2D eigenvalue weighted by atomic mass is 10.5. The average molecular weight is 230 g/mol. The summed E-state index contributed by atoms with van der Waals surface area (Å²) in [5.74, 6) is 0. The molecule has 0 aliphatic carbocycles. The summed E-state index contributed by atoms with van der Waals surface area (Å²) < 4.78 is 6.36. The van der Waals surface area contributed by atoms with E-state index in [0.29, 0.717) is 0 Å². The van der Waals surface area contributed by atoms with Crippen molar-refractivity contribution in [3.8, 4) is 0 Å². The Balaban J connectivity index is 2.96. The van der Waals surface area contributed by atoms with Crippen molar-refractivity contribution in [2.75, 3.05) is 6.61 Å². The van der Waals surface area contributed by atoms with E-state index in [2.05, 4.69) is 27.7 Å². The van der Waals surface area contributed by atoms with Crippen LogP contribution in [-0.4, -0.2) is 22.0 Å². The Hall–Kier alpha value is 0.394. The van der Waals surface area contributed by atoms with E-state index in [1.807, 2.05) is 0 Å². The Morgan fingerprint density at radius 1 is 0.929 bits per heavy atom. The van der Waals surface area contributed by atoms with Gasteiger partial charge in [-0.25, -0.2) is 0 Å². The van der Waals surface area contributed by atoms with Gasteiger partial charge in [-0.15, -0.1) is 0 Å². The summed E-state index contributed by atoms with van der Waals surface area (Å²) in [6.45, 7) is 10.7. The lowest BCUT2D eigenvalue weighted by Gasteiger charge is -2.49. The molecule has 14 heavy (non-hydrogen) atoms. The number of rotatable bonds is 4.